The molecule has 1 N–H and O–H groups in total. The van der Waals surface area contributed by atoms with Gasteiger partial charge in [-0.2, -0.15) is 0 Å². The molecule has 0 heterocycles. The maximum Gasteiger partial charge on any atom is 0.261 e. The molecule has 0 fully saturated rings. The minimum absolute atomic E-state index is 0.0278. The van der Waals surface area contributed by atoms with Gasteiger partial charge in [-0.25, -0.2) is 0 Å². The molecule has 2 atom stereocenters. The SMILES string of the molecule is CC[C@H](C)NC(=O)[C@H](C)N(Cc1c(Cl)cccc1Cl)C(=O)COc1ccc(Cl)cc1Cl. The topological polar surface area (TPSA) is 58.6 Å². The molecule has 2 aromatic rings. The predicted molar refractivity (Wildman–Crippen MR) is 126 cm³/mol. The van der Waals surface area contributed by atoms with Gasteiger partial charge in [0.1, 0.15) is 11.8 Å². The summed E-state index contributed by atoms with van der Waals surface area (Å²) in [5.41, 5.74) is 0.548. The Morgan fingerprint density at radius 3 is 2.26 bits per heavy atom. The van der Waals surface area contributed by atoms with Crippen molar-refractivity contribution in [2.45, 2.75) is 45.8 Å². The van der Waals surface area contributed by atoms with Gasteiger partial charge in [0.15, 0.2) is 6.61 Å². The Hall–Kier alpha value is -1.66. The molecule has 0 bridgehead atoms. The zero-order chi connectivity index (χ0) is 23.1. The molecule has 31 heavy (non-hydrogen) atoms. The monoisotopic (exact) mass is 504 g/mol. The first kappa shape index (κ1) is 25.6. The smallest absolute Gasteiger partial charge is 0.261 e. The number of rotatable bonds is 9. The fraction of sp³-hybridized carbons (Fsp3) is 0.364. The molecule has 0 saturated heterocycles. The molecule has 0 aliphatic carbocycles. The summed E-state index contributed by atoms with van der Waals surface area (Å²) in [6.45, 7) is 5.23. The van der Waals surface area contributed by atoms with Crippen molar-refractivity contribution in [1.29, 1.82) is 0 Å². The van der Waals surface area contributed by atoms with Gasteiger partial charge in [0, 0.05) is 33.2 Å². The Morgan fingerprint density at radius 1 is 1.03 bits per heavy atom. The second-order valence-electron chi connectivity index (χ2n) is 7.08. The van der Waals surface area contributed by atoms with Crippen molar-refractivity contribution in [3.8, 4) is 5.75 Å². The lowest BCUT2D eigenvalue weighted by atomic mass is 10.1. The van der Waals surface area contributed by atoms with Crippen LogP contribution >= 0.6 is 46.4 Å². The van der Waals surface area contributed by atoms with Gasteiger partial charge in [0.05, 0.1) is 5.02 Å². The highest BCUT2D eigenvalue weighted by Crippen LogP contribution is 2.29. The zero-order valence-electron chi connectivity index (χ0n) is 17.4. The van der Waals surface area contributed by atoms with Crippen LogP contribution in [0.4, 0.5) is 0 Å². The highest BCUT2D eigenvalue weighted by atomic mass is 35.5. The molecule has 0 aliphatic rings. The lowest BCUT2D eigenvalue weighted by molar-refractivity contribution is -0.142. The Balaban J connectivity index is 2.24. The molecule has 0 aliphatic heterocycles. The first-order valence-corrected chi connectivity index (χ1v) is 11.3. The van der Waals surface area contributed by atoms with E-state index in [9.17, 15) is 9.59 Å². The Morgan fingerprint density at radius 2 is 1.68 bits per heavy atom. The molecule has 2 rings (SSSR count). The molecular formula is C22H24Cl4N2O3. The number of nitrogens with zero attached hydrogens (tertiary/aromatic N) is 1. The molecule has 0 radical (unpaired) electrons. The van der Waals surface area contributed by atoms with Crippen molar-refractivity contribution in [3.05, 3.63) is 62.1 Å². The van der Waals surface area contributed by atoms with Gasteiger partial charge >= 0.3 is 0 Å². The third-order valence-corrected chi connectivity index (χ3v) is 6.04. The van der Waals surface area contributed by atoms with Gasteiger partial charge < -0.3 is 15.0 Å². The van der Waals surface area contributed by atoms with Crippen LogP contribution in [0.2, 0.25) is 20.1 Å². The van der Waals surface area contributed by atoms with Crippen LogP contribution in [0.3, 0.4) is 0 Å². The van der Waals surface area contributed by atoms with E-state index in [1.54, 1.807) is 37.3 Å². The number of hydrogen-bond acceptors (Lipinski definition) is 3. The van der Waals surface area contributed by atoms with E-state index in [2.05, 4.69) is 5.32 Å². The van der Waals surface area contributed by atoms with Crippen molar-refractivity contribution in [2.24, 2.45) is 0 Å². The first-order valence-electron chi connectivity index (χ1n) is 9.74. The summed E-state index contributed by atoms with van der Waals surface area (Å²) in [4.78, 5) is 27.2. The minimum Gasteiger partial charge on any atom is -0.482 e. The second kappa shape index (κ2) is 11.8. The second-order valence-corrected chi connectivity index (χ2v) is 8.74. The van der Waals surface area contributed by atoms with Crippen molar-refractivity contribution < 1.29 is 14.3 Å². The largest absolute Gasteiger partial charge is 0.482 e. The molecule has 2 aromatic carbocycles. The maximum atomic E-state index is 13.1. The summed E-state index contributed by atoms with van der Waals surface area (Å²) in [7, 11) is 0. The number of benzene rings is 2. The van der Waals surface area contributed by atoms with Gasteiger partial charge in [-0.3, -0.25) is 9.59 Å². The van der Waals surface area contributed by atoms with Crippen molar-refractivity contribution in [3.63, 3.8) is 0 Å². The molecule has 0 saturated carbocycles. The molecule has 2 amide bonds. The number of hydrogen-bond donors (Lipinski definition) is 1. The Labute approximate surface area is 202 Å². The standard InChI is InChI=1S/C22H24Cl4N2O3/c1-4-13(2)27-22(30)14(3)28(11-16-17(24)6-5-7-18(16)25)21(29)12-31-20-9-8-15(23)10-19(20)26/h5-10,13-14H,4,11-12H2,1-3H3,(H,27,30)/t13-,14-/m0/s1. The summed E-state index contributed by atoms with van der Waals surface area (Å²) in [6, 6.07) is 8.97. The fourth-order valence-electron chi connectivity index (χ4n) is 2.72. The average Bonchev–Trinajstić information content (AvgIpc) is 2.72. The van der Waals surface area contributed by atoms with Crippen LogP contribution in [0.1, 0.15) is 32.8 Å². The lowest BCUT2D eigenvalue weighted by Crippen LogP contribution is -2.50. The molecule has 9 heteroatoms. The van der Waals surface area contributed by atoms with Gasteiger partial charge in [-0.15, -0.1) is 0 Å². The van der Waals surface area contributed by atoms with Gasteiger partial charge in [0.2, 0.25) is 5.91 Å². The molecule has 0 unspecified atom stereocenters. The quantitative estimate of drug-likeness (QED) is 0.453. The first-order chi connectivity index (χ1) is 14.6. The van der Waals surface area contributed by atoms with Gasteiger partial charge in [-0.05, 0) is 50.6 Å². The van der Waals surface area contributed by atoms with E-state index < -0.39 is 11.9 Å². The minimum atomic E-state index is -0.780. The van der Waals surface area contributed by atoms with E-state index in [-0.39, 0.29) is 30.1 Å². The van der Waals surface area contributed by atoms with Crippen molar-refractivity contribution in [1.82, 2.24) is 10.2 Å². The average molecular weight is 506 g/mol. The van der Waals surface area contributed by atoms with Crippen LogP contribution < -0.4 is 10.1 Å². The number of nitrogens with one attached hydrogen (secondary N) is 1. The van der Waals surface area contributed by atoms with E-state index in [0.29, 0.717) is 26.4 Å². The summed E-state index contributed by atoms with van der Waals surface area (Å²) in [5.74, 6) is -0.393. The summed E-state index contributed by atoms with van der Waals surface area (Å²) >= 11 is 24.6. The molecule has 0 spiro atoms. The van der Waals surface area contributed by atoms with Crippen LogP contribution in [-0.4, -0.2) is 35.4 Å². The van der Waals surface area contributed by atoms with E-state index in [0.717, 1.165) is 6.42 Å². The third-order valence-electron chi connectivity index (χ3n) is 4.80. The van der Waals surface area contributed by atoms with E-state index in [4.69, 9.17) is 51.1 Å². The number of amides is 2. The zero-order valence-corrected chi connectivity index (χ0v) is 20.4. The number of halogens is 4. The van der Waals surface area contributed by atoms with Gasteiger partial charge in [0.25, 0.3) is 5.91 Å². The lowest BCUT2D eigenvalue weighted by Gasteiger charge is -2.30. The predicted octanol–water partition coefficient (Wildman–Crippen LogP) is 6.01. The number of carbonyl (C=O) groups is 2. The highest BCUT2D eigenvalue weighted by molar-refractivity contribution is 6.36. The molecule has 0 aromatic heterocycles. The summed E-state index contributed by atoms with van der Waals surface area (Å²) in [6.07, 6.45) is 0.765. The fourth-order valence-corrected chi connectivity index (χ4v) is 3.70. The van der Waals surface area contributed by atoms with Crippen LogP contribution in [0, 0.1) is 0 Å². The summed E-state index contributed by atoms with van der Waals surface area (Å²) < 4.78 is 5.59. The Kier molecular flexibility index (Phi) is 9.76. The molecule has 168 valence electrons. The van der Waals surface area contributed by atoms with Crippen LogP contribution in [-0.2, 0) is 16.1 Å². The molecular weight excluding hydrogens is 482 g/mol. The van der Waals surface area contributed by atoms with Crippen molar-refractivity contribution >= 4 is 58.2 Å². The molecule has 5 nitrogen and oxygen atoms in total. The van der Waals surface area contributed by atoms with Gasteiger partial charge in [-0.1, -0.05) is 59.4 Å². The maximum absolute atomic E-state index is 13.1. The number of carbonyl (C=O) groups excluding carboxylic acids is 2. The Bertz CT molecular complexity index is 919. The van der Waals surface area contributed by atoms with Crippen LogP contribution in [0.5, 0.6) is 5.75 Å². The summed E-state index contributed by atoms with van der Waals surface area (Å²) in [5, 5.41) is 4.44. The van der Waals surface area contributed by atoms with Crippen LogP contribution in [0.25, 0.3) is 0 Å². The van der Waals surface area contributed by atoms with Crippen molar-refractivity contribution in [2.75, 3.05) is 6.61 Å². The third kappa shape index (κ3) is 7.18. The van der Waals surface area contributed by atoms with E-state index in [1.807, 2.05) is 13.8 Å². The van der Waals surface area contributed by atoms with E-state index in [1.165, 1.54) is 11.0 Å². The number of ether oxygens (including phenoxy) is 1. The normalized spacial score (nSPS) is 12.7. The van der Waals surface area contributed by atoms with E-state index >= 15 is 0 Å². The highest BCUT2D eigenvalue weighted by Gasteiger charge is 2.28. The van der Waals surface area contributed by atoms with Crippen LogP contribution in [0.15, 0.2) is 36.4 Å².